The van der Waals surface area contributed by atoms with Crippen LogP contribution in [0.4, 0.5) is 0 Å². The van der Waals surface area contributed by atoms with Crippen molar-refractivity contribution in [2.45, 2.75) is 19.4 Å². The number of pyridine rings is 2. The Bertz CT molecular complexity index is 1370. The zero-order valence-corrected chi connectivity index (χ0v) is 19.3. The van der Waals surface area contributed by atoms with Gasteiger partial charge in [0.25, 0.3) is 5.56 Å². The number of hydrogen-bond acceptors (Lipinski definition) is 8. The van der Waals surface area contributed by atoms with Gasteiger partial charge in [-0.3, -0.25) is 9.78 Å². The van der Waals surface area contributed by atoms with E-state index >= 15 is 0 Å². The molecular formula is C25H24N4O5. The van der Waals surface area contributed by atoms with Gasteiger partial charge in [-0.25, -0.2) is 0 Å². The van der Waals surface area contributed by atoms with Gasteiger partial charge in [0.15, 0.2) is 11.5 Å². The van der Waals surface area contributed by atoms with E-state index in [1.807, 2.05) is 18.2 Å². The van der Waals surface area contributed by atoms with Gasteiger partial charge >= 0.3 is 0 Å². The van der Waals surface area contributed by atoms with Crippen LogP contribution in [0.25, 0.3) is 0 Å². The molecule has 0 radical (unpaired) electrons. The summed E-state index contributed by atoms with van der Waals surface area (Å²) in [6, 6.07) is 12.8. The van der Waals surface area contributed by atoms with E-state index in [1.54, 1.807) is 35.9 Å². The highest BCUT2D eigenvalue weighted by Crippen LogP contribution is 2.48. The molecule has 3 aromatic rings. The smallest absolute Gasteiger partial charge is 0.259 e. The first-order valence-electron chi connectivity index (χ1n) is 10.5. The van der Waals surface area contributed by atoms with Crippen molar-refractivity contribution < 1.29 is 18.9 Å². The highest BCUT2D eigenvalue weighted by molar-refractivity contribution is 5.64. The third-order valence-corrected chi connectivity index (χ3v) is 5.78. The van der Waals surface area contributed by atoms with Crippen LogP contribution in [0.5, 0.6) is 23.0 Å². The van der Waals surface area contributed by atoms with Gasteiger partial charge in [0.2, 0.25) is 11.6 Å². The van der Waals surface area contributed by atoms with E-state index in [-0.39, 0.29) is 34.9 Å². The number of fused-ring (bicyclic) bond motifs is 1. The summed E-state index contributed by atoms with van der Waals surface area (Å²) in [5.74, 6) is 0.494. The monoisotopic (exact) mass is 460 g/mol. The molecule has 1 aliphatic rings. The van der Waals surface area contributed by atoms with E-state index in [0.717, 1.165) is 5.69 Å². The van der Waals surface area contributed by atoms with Crippen molar-refractivity contribution in [3.63, 3.8) is 0 Å². The zero-order chi connectivity index (χ0) is 24.4. The first kappa shape index (κ1) is 22.7. The fourth-order valence-electron chi connectivity index (χ4n) is 4.20. The maximum Gasteiger partial charge on any atom is 0.259 e. The average molecular weight is 460 g/mol. The molecule has 9 heteroatoms. The summed E-state index contributed by atoms with van der Waals surface area (Å²) in [7, 11) is 4.48. The lowest BCUT2D eigenvalue weighted by Gasteiger charge is -2.28. The van der Waals surface area contributed by atoms with Crippen molar-refractivity contribution in [1.29, 1.82) is 5.26 Å². The molecule has 4 rings (SSSR count). The molecule has 1 aliphatic heterocycles. The van der Waals surface area contributed by atoms with Gasteiger partial charge in [-0.15, -0.1) is 0 Å². The van der Waals surface area contributed by atoms with Crippen molar-refractivity contribution in [2.75, 3.05) is 21.3 Å². The summed E-state index contributed by atoms with van der Waals surface area (Å²) in [5.41, 5.74) is 8.10. The van der Waals surface area contributed by atoms with Crippen LogP contribution in [0.1, 0.15) is 28.4 Å². The molecule has 0 aliphatic carbocycles. The molecule has 9 nitrogen and oxygen atoms in total. The van der Waals surface area contributed by atoms with Crippen LogP contribution in [0.15, 0.2) is 58.8 Å². The van der Waals surface area contributed by atoms with E-state index in [2.05, 4.69) is 11.1 Å². The predicted octanol–water partition coefficient (Wildman–Crippen LogP) is 2.84. The molecule has 0 unspecified atom stereocenters. The van der Waals surface area contributed by atoms with Gasteiger partial charge in [-0.05, 0) is 25.1 Å². The Kier molecular flexibility index (Phi) is 6.15. The number of benzene rings is 1. The standard InChI is InChI=1S/C25H24N4O5/c1-14-11-19-21(25(30)29(14)13-15-7-5-6-10-28-15)20(17(12-26)24(27)34-19)16-8-9-18(31-2)23(33-4)22(16)32-3/h5-11,20H,13,27H2,1-4H3/t20-/m1/s1. The molecule has 34 heavy (non-hydrogen) atoms. The zero-order valence-electron chi connectivity index (χ0n) is 19.3. The predicted molar refractivity (Wildman–Crippen MR) is 124 cm³/mol. The van der Waals surface area contributed by atoms with Crippen molar-refractivity contribution in [3.8, 4) is 29.1 Å². The minimum absolute atomic E-state index is 0.0712. The summed E-state index contributed by atoms with van der Waals surface area (Å²) in [6.07, 6.45) is 1.67. The fourth-order valence-corrected chi connectivity index (χ4v) is 4.20. The fraction of sp³-hybridized carbons (Fsp3) is 0.240. The van der Waals surface area contributed by atoms with Crippen LogP contribution in [0.2, 0.25) is 0 Å². The van der Waals surface area contributed by atoms with Gasteiger partial charge in [-0.2, -0.15) is 5.26 Å². The third-order valence-electron chi connectivity index (χ3n) is 5.78. The molecule has 3 heterocycles. The van der Waals surface area contributed by atoms with Crippen LogP contribution in [0.3, 0.4) is 0 Å². The van der Waals surface area contributed by atoms with E-state index in [1.165, 1.54) is 21.3 Å². The molecule has 0 spiro atoms. The van der Waals surface area contributed by atoms with Gasteiger partial charge in [0, 0.05) is 23.5 Å². The van der Waals surface area contributed by atoms with E-state index in [9.17, 15) is 10.1 Å². The first-order valence-corrected chi connectivity index (χ1v) is 10.5. The summed E-state index contributed by atoms with van der Waals surface area (Å²) < 4.78 is 23.9. The number of methoxy groups -OCH3 is 3. The Morgan fingerprint density at radius 2 is 1.91 bits per heavy atom. The number of aryl methyl sites for hydroxylation is 1. The van der Waals surface area contributed by atoms with Crippen molar-refractivity contribution in [2.24, 2.45) is 5.73 Å². The van der Waals surface area contributed by atoms with Crippen molar-refractivity contribution in [1.82, 2.24) is 9.55 Å². The summed E-state index contributed by atoms with van der Waals surface area (Å²) in [6.45, 7) is 2.06. The average Bonchev–Trinajstić information content (AvgIpc) is 2.85. The lowest BCUT2D eigenvalue weighted by Crippen LogP contribution is -2.33. The van der Waals surface area contributed by atoms with Crippen LogP contribution in [0, 0.1) is 18.3 Å². The number of hydrogen-bond donors (Lipinski definition) is 1. The minimum Gasteiger partial charge on any atom is -0.493 e. The SMILES string of the molecule is COc1ccc([C@@H]2C(C#N)=C(N)Oc3cc(C)n(Cc4ccccn4)c(=O)c32)c(OC)c1OC. The second kappa shape index (κ2) is 9.19. The van der Waals surface area contributed by atoms with Gasteiger partial charge in [0.05, 0.1) is 45.0 Å². The number of aromatic nitrogens is 2. The Morgan fingerprint density at radius 3 is 2.53 bits per heavy atom. The third kappa shape index (κ3) is 3.69. The number of rotatable bonds is 6. The summed E-state index contributed by atoms with van der Waals surface area (Å²) in [5, 5.41) is 9.98. The van der Waals surface area contributed by atoms with Gasteiger partial charge in [0.1, 0.15) is 17.4 Å². The van der Waals surface area contributed by atoms with E-state index in [4.69, 9.17) is 24.7 Å². The Balaban J connectivity index is 2.00. The Labute approximate surface area is 196 Å². The molecule has 1 atom stereocenters. The minimum atomic E-state index is -0.841. The van der Waals surface area contributed by atoms with Crippen LogP contribution >= 0.6 is 0 Å². The largest absolute Gasteiger partial charge is 0.493 e. The van der Waals surface area contributed by atoms with Gasteiger partial charge < -0.3 is 29.2 Å². The molecule has 2 N–H and O–H groups in total. The highest BCUT2D eigenvalue weighted by Gasteiger charge is 2.37. The molecule has 174 valence electrons. The number of nitrogens with two attached hydrogens (primary N) is 1. The molecule has 0 bridgehead atoms. The molecule has 0 saturated heterocycles. The molecule has 0 saturated carbocycles. The van der Waals surface area contributed by atoms with Crippen molar-refractivity contribution in [3.05, 3.63) is 86.9 Å². The second-order valence-corrected chi connectivity index (χ2v) is 7.62. The Hall–Kier alpha value is -4.45. The van der Waals surface area contributed by atoms with Gasteiger partial charge in [-0.1, -0.05) is 12.1 Å². The van der Waals surface area contributed by atoms with Crippen LogP contribution in [-0.4, -0.2) is 30.9 Å². The molecule has 2 aromatic heterocycles. The van der Waals surface area contributed by atoms with E-state index < -0.39 is 5.92 Å². The lowest BCUT2D eigenvalue weighted by atomic mass is 9.83. The van der Waals surface area contributed by atoms with Crippen LogP contribution < -0.4 is 30.2 Å². The normalized spacial score (nSPS) is 14.6. The maximum atomic E-state index is 13.9. The number of nitrogens with zero attached hydrogens (tertiary/aromatic N) is 3. The number of allylic oxidation sites excluding steroid dienone is 1. The number of nitriles is 1. The summed E-state index contributed by atoms with van der Waals surface area (Å²) >= 11 is 0. The topological polar surface area (TPSA) is 122 Å². The number of ether oxygens (including phenoxy) is 4. The van der Waals surface area contributed by atoms with E-state index in [0.29, 0.717) is 28.5 Å². The molecule has 0 fully saturated rings. The molecule has 0 amide bonds. The second-order valence-electron chi connectivity index (χ2n) is 7.62. The molecular weight excluding hydrogens is 436 g/mol. The maximum absolute atomic E-state index is 13.9. The molecule has 1 aromatic carbocycles. The van der Waals surface area contributed by atoms with Crippen LogP contribution in [-0.2, 0) is 6.54 Å². The van der Waals surface area contributed by atoms with Crippen molar-refractivity contribution >= 4 is 0 Å². The first-order chi connectivity index (χ1) is 16.4. The lowest BCUT2D eigenvalue weighted by molar-refractivity contribution is 0.321. The quantitative estimate of drug-likeness (QED) is 0.596. The Morgan fingerprint density at radius 1 is 1.15 bits per heavy atom. The highest BCUT2D eigenvalue weighted by atomic mass is 16.5. The summed E-state index contributed by atoms with van der Waals surface area (Å²) in [4.78, 5) is 18.2.